The number of aliphatic imine (C=N–C) groups is 1. The van der Waals surface area contributed by atoms with Crippen LogP contribution in [0.5, 0.6) is 0 Å². The van der Waals surface area contributed by atoms with Gasteiger partial charge in [0, 0.05) is 61.5 Å². The molecule has 9 heteroatoms. The summed E-state index contributed by atoms with van der Waals surface area (Å²) in [7, 11) is 0. The number of benzene rings is 1. The molecular formula is C28H37F2N7. The van der Waals surface area contributed by atoms with Crippen molar-refractivity contribution < 1.29 is 8.78 Å². The van der Waals surface area contributed by atoms with Gasteiger partial charge in [0.25, 0.3) is 0 Å². The highest BCUT2D eigenvalue weighted by Crippen LogP contribution is 2.32. The molecule has 0 atom stereocenters. The second-order valence-electron chi connectivity index (χ2n) is 9.80. The highest BCUT2D eigenvalue weighted by Gasteiger charge is 2.27. The van der Waals surface area contributed by atoms with Crippen LogP contribution in [-0.4, -0.2) is 57.9 Å². The molecule has 2 aliphatic rings. The zero-order valence-electron chi connectivity index (χ0n) is 21.6. The normalized spacial score (nSPS) is 18.2. The van der Waals surface area contributed by atoms with Crippen molar-refractivity contribution in [2.24, 2.45) is 16.5 Å². The molecule has 2 aromatic rings. The maximum absolute atomic E-state index is 14.0. The smallest absolute Gasteiger partial charge is 0.159 e. The van der Waals surface area contributed by atoms with Crippen LogP contribution in [0.4, 0.5) is 8.78 Å². The standard InChI is InChI=1S/C28H37F2N7/c1-4-33-27(32)26(19(2)31)20(3)36-13-9-21(10-14-36)28-34-25(22-7-8-23(29)24(30)17-22)18-37(28)16-15-35-11-5-6-12-35/h4,7-8,17-18,21H,1-2,5-6,9-16,31H2,3H3,(H2,32,33)/b26-20+. The van der Waals surface area contributed by atoms with Crippen molar-refractivity contribution in [2.45, 2.75) is 45.1 Å². The van der Waals surface area contributed by atoms with Gasteiger partial charge >= 0.3 is 0 Å². The number of allylic oxidation sites excluding steroid dienone is 1. The Labute approximate surface area is 217 Å². The Hall–Kier alpha value is -3.46. The minimum absolute atomic E-state index is 0.241. The number of amidine groups is 1. The number of likely N-dealkylation sites (tertiary alicyclic amines) is 2. The lowest BCUT2D eigenvalue weighted by Gasteiger charge is -2.35. The Morgan fingerprint density at radius 3 is 2.43 bits per heavy atom. The van der Waals surface area contributed by atoms with E-state index in [9.17, 15) is 8.78 Å². The SMILES string of the molecule is C=CN=C(N)/C(C(=C)N)=C(\C)N1CCC(c2nc(-c3ccc(F)c(F)c3)cn2CCN2CCCC2)CC1. The predicted molar refractivity (Wildman–Crippen MR) is 145 cm³/mol. The molecule has 0 saturated carbocycles. The Balaban J connectivity index is 1.56. The molecular weight excluding hydrogens is 472 g/mol. The molecule has 198 valence electrons. The highest BCUT2D eigenvalue weighted by atomic mass is 19.2. The predicted octanol–water partition coefficient (Wildman–Crippen LogP) is 4.35. The molecule has 0 amide bonds. The molecule has 3 heterocycles. The lowest BCUT2D eigenvalue weighted by molar-refractivity contribution is 0.253. The van der Waals surface area contributed by atoms with Gasteiger partial charge < -0.3 is 25.8 Å². The highest BCUT2D eigenvalue weighted by molar-refractivity contribution is 6.01. The maximum atomic E-state index is 14.0. The van der Waals surface area contributed by atoms with Crippen LogP contribution in [0.15, 0.2) is 65.7 Å². The third-order valence-electron chi connectivity index (χ3n) is 7.38. The minimum Gasteiger partial charge on any atom is -0.399 e. The number of nitrogens with two attached hydrogens (primary N) is 2. The van der Waals surface area contributed by atoms with Crippen LogP contribution >= 0.6 is 0 Å². The lowest BCUT2D eigenvalue weighted by Crippen LogP contribution is -2.35. The van der Waals surface area contributed by atoms with Crippen LogP contribution in [0.25, 0.3) is 11.3 Å². The lowest BCUT2D eigenvalue weighted by atomic mass is 9.94. The minimum atomic E-state index is -0.863. The van der Waals surface area contributed by atoms with Gasteiger partial charge in [0.1, 0.15) is 11.7 Å². The van der Waals surface area contributed by atoms with E-state index in [2.05, 4.69) is 32.5 Å². The first-order valence-electron chi connectivity index (χ1n) is 12.9. The van der Waals surface area contributed by atoms with E-state index in [4.69, 9.17) is 16.5 Å². The fraction of sp³-hybridized carbons (Fsp3) is 0.429. The molecule has 1 aromatic carbocycles. The van der Waals surface area contributed by atoms with Crippen molar-refractivity contribution in [2.75, 3.05) is 32.7 Å². The van der Waals surface area contributed by atoms with E-state index in [0.29, 0.717) is 28.4 Å². The van der Waals surface area contributed by atoms with Gasteiger partial charge in [-0.15, -0.1) is 0 Å². The van der Waals surface area contributed by atoms with E-state index < -0.39 is 11.6 Å². The van der Waals surface area contributed by atoms with E-state index in [1.54, 1.807) is 6.07 Å². The zero-order valence-corrected chi connectivity index (χ0v) is 21.6. The Kier molecular flexibility index (Phi) is 8.43. The van der Waals surface area contributed by atoms with E-state index in [1.807, 2.05) is 13.1 Å². The molecule has 2 fully saturated rings. The van der Waals surface area contributed by atoms with E-state index >= 15 is 0 Å². The molecule has 0 spiro atoms. The fourth-order valence-corrected chi connectivity index (χ4v) is 5.36. The van der Waals surface area contributed by atoms with Crippen LogP contribution in [0.1, 0.15) is 44.3 Å². The number of halogens is 2. The van der Waals surface area contributed by atoms with Crippen LogP contribution in [-0.2, 0) is 6.54 Å². The van der Waals surface area contributed by atoms with Crippen molar-refractivity contribution >= 4 is 5.84 Å². The van der Waals surface area contributed by atoms with Crippen LogP contribution in [0, 0.1) is 11.6 Å². The summed E-state index contributed by atoms with van der Waals surface area (Å²) in [5.41, 5.74) is 15.4. The molecule has 4 rings (SSSR count). The molecule has 0 radical (unpaired) electrons. The molecule has 0 unspecified atom stereocenters. The first-order valence-corrected chi connectivity index (χ1v) is 12.9. The number of rotatable bonds is 9. The van der Waals surface area contributed by atoms with Gasteiger partial charge in [-0.05, 0) is 63.9 Å². The first-order chi connectivity index (χ1) is 17.8. The summed E-state index contributed by atoms with van der Waals surface area (Å²) >= 11 is 0. The molecule has 0 bridgehead atoms. The largest absolute Gasteiger partial charge is 0.399 e. The van der Waals surface area contributed by atoms with E-state index in [1.165, 1.54) is 25.1 Å². The van der Waals surface area contributed by atoms with Crippen LogP contribution in [0.2, 0.25) is 0 Å². The number of imidazole rings is 1. The van der Waals surface area contributed by atoms with Crippen molar-refractivity contribution in [1.29, 1.82) is 0 Å². The molecule has 7 nitrogen and oxygen atoms in total. The van der Waals surface area contributed by atoms with Crippen molar-refractivity contribution in [3.63, 3.8) is 0 Å². The van der Waals surface area contributed by atoms with Crippen molar-refractivity contribution in [3.05, 3.63) is 78.2 Å². The summed E-state index contributed by atoms with van der Waals surface area (Å²) in [6, 6.07) is 3.97. The second kappa shape index (κ2) is 11.7. The monoisotopic (exact) mass is 509 g/mol. The molecule has 1 aromatic heterocycles. The number of nitrogens with zero attached hydrogens (tertiary/aromatic N) is 5. The summed E-state index contributed by atoms with van der Waals surface area (Å²) in [4.78, 5) is 13.8. The van der Waals surface area contributed by atoms with Crippen LogP contribution in [0.3, 0.4) is 0 Å². The van der Waals surface area contributed by atoms with Gasteiger partial charge in [-0.3, -0.25) is 0 Å². The number of aromatic nitrogens is 2. The topological polar surface area (TPSA) is 88.7 Å². The average Bonchev–Trinajstić information content (AvgIpc) is 3.55. The third kappa shape index (κ3) is 6.10. The Morgan fingerprint density at radius 1 is 1.11 bits per heavy atom. The van der Waals surface area contributed by atoms with Crippen molar-refractivity contribution in [1.82, 2.24) is 19.4 Å². The Bertz CT molecular complexity index is 1200. The van der Waals surface area contributed by atoms with Gasteiger partial charge in [-0.25, -0.2) is 18.8 Å². The summed E-state index contributed by atoms with van der Waals surface area (Å²) in [5, 5.41) is 0. The fourth-order valence-electron chi connectivity index (χ4n) is 5.36. The summed E-state index contributed by atoms with van der Waals surface area (Å²) in [6.45, 7) is 15.1. The van der Waals surface area contributed by atoms with E-state index in [-0.39, 0.29) is 5.92 Å². The Morgan fingerprint density at radius 2 is 1.81 bits per heavy atom. The summed E-state index contributed by atoms with van der Waals surface area (Å²) in [6.07, 6.45) is 7.63. The number of hydrogen-bond donors (Lipinski definition) is 2. The maximum Gasteiger partial charge on any atom is 0.159 e. The average molecular weight is 510 g/mol. The second-order valence-corrected chi connectivity index (χ2v) is 9.80. The van der Waals surface area contributed by atoms with Gasteiger partial charge in [-0.1, -0.05) is 13.2 Å². The van der Waals surface area contributed by atoms with Gasteiger partial charge in [0.15, 0.2) is 11.6 Å². The quantitative estimate of drug-likeness (QED) is 0.298. The van der Waals surface area contributed by atoms with Crippen molar-refractivity contribution in [3.8, 4) is 11.3 Å². The molecule has 37 heavy (non-hydrogen) atoms. The third-order valence-corrected chi connectivity index (χ3v) is 7.38. The number of piperidine rings is 1. The first kappa shape index (κ1) is 26.6. The summed E-state index contributed by atoms with van der Waals surface area (Å²) in [5.74, 6) is -0.179. The number of hydrogen-bond acceptors (Lipinski definition) is 5. The van der Waals surface area contributed by atoms with Gasteiger partial charge in [0.2, 0.25) is 0 Å². The van der Waals surface area contributed by atoms with E-state index in [0.717, 1.165) is 69.7 Å². The zero-order chi connectivity index (χ0) is 26.5. The summed E-state index contributed by atoms with van der Waals surface area (Å²) < 4.78 is 29.7. The van der Waals surface area contributed by atoms with Gasteiger partial charge in [0.05, 0.1) is 11.3 Å². The van der Waals surface area contributed by atoms with Crippen LogP contribution < -0.4 is 11.5 Å². The van der Waals surface area contributed by atoms with Gasteiger partial charge in [-0.2, -0.15) is 0 Å². The molecule has 2 saturated heterocycles. The molecule has 0 aliphatic carbocycles. The molecule has 4 N–H and O–H groups in total. The molecule has 2 aliphatic heterocycles.